The maximum Gasteiger partial charge on any atom is 0.0480 e. The summed E-state index contributed by atoms with van der Waals surface area (Å²) in [6, 6.07) is 0. The first-order valence-corrected chi connectivity index (χ1v) is 7.47. The van der Waals surface area contributed by atoms with E-state index in [-0.39, 0.29) is 5.54 Å². The van der Waals surface area contributed by atoms with Crippen molar-refractivity contribution in [2.75, 3.05) is 33.4 Å². The zero-order valence-electron chi connectivity index (χ0n) is 12.7. The average Bonchev–Trinajstić information content (AvgIpc) is 2.62. The lowest BCUT2D eigenvalue weighted by Crippen LogP contribution is -2.52. The summed E-state index contributed by atoms with van der Waals surface area (Å²) in [5.41, 5.74) is 6.14. The van der Waals surface area contributed by atoms with Crippen LogP contribution in [0, 0.1) is 11.8 Å². The van der Waals surface area contributed by atoms with Crippen molar-refractivity contribution in [3.63, 3.8) is 0 Å². The number of rotatable bonds is 6. The molecule has 18 heavy (non-hydrogen) atoms. The quantitative estimate of drug-likeness (QED) is 0.793. The molecule has 2 atom stereocenters. The van der Waals surface area contributed by atoms with E-state index in [1.54, 1.807) is 7.11 Å². The Morgan fingerprint density at radius 2 is 2.06 bits per heavy atom. The van der Waals surface area contributed by atoms with Gasteiger partial charge >= 0.3 is 0 Å². The highest BCUT2D eigenvalue weighted by atomic mass is 16.5. The predicted octanol–water partition coefficient (Wildman–Crippen LogP) is 2.50. The summed E-state index contributed by atoms with van der Waals surface area (Å²) in [7, 11) is 1.77. The minimum atomic E-state index is 0.113. The van der Waals surface area contributed by atoms with Gasteiger partial charge in [-0.1, -0.05) is 13.8 Å². The largest absolute Gasteiger partial charge is 0.385 e. The van der Waals surface area contributed by atoms with Crippen LogP contribution < -0.4 is 5.73 Å². The van der Waals surface area contributed by atoms with E-state index < -0.39 is 0 Å². The van der Waals surface area contributed by atoms with Gasteiger partial charge in [-0.15, -0.1) is 0 Å². The Morgan fingerprint density at radius 1 is 1.33 bits per heavy atom. The Morgan fingerprint density at radius 3 is 2.61 bits per heavy atom. The highest BCUT2D eigenvalue weighted by Crippen LogP contribution is 2.29. The Balaban J connectivity index is 2.58. The van der Waals surface area contributed by atoms with Crippen molar-refractivity contribution in [3.05, 3.63) is 0 Å². The SMILES string of the molecule is COCCC(C)(CN)N1CCCC(C(C)C)CC1. The van der Waals surface area contributed by atoms with Gasteiger partial charge in [0, 0.05) is 25.8 Å². The van der Waals surface area contributed by atoms with E-state index in [0.29, 0.717) is 0 Å². The molecule has 0 radical (unpaired) electrons. The molecule has 0 saturated carbocycles. The van der Waals surface area contributed by atoms with Crippen LogP contribution in [0.2, 0.25) is 0 Å². The second kappa shape index (κ2) is 7.46. The fourth-order valence-electron chi connectivity index (χ4n) is 3.04. The molecule has 3 nitrogen and oxygen atoms in total. The lowest BCUT2D eigenvalue weighted by molar-refractivity contribution is 0.0697. The zero-order valence-corrected chi connectivity index (χ0v) is 12.7. The first kappa shape index (κ1) is 15.9. The normalized spacial score (nSPS) is 26.0. The molecular weight excluding hydrogens is 224 g/mol. The van der Waals surface area contributed by atoms with Gasteiger partial charge in [0.2, 0.25) is 0 Å². The van der Waals surface area contributed by atoms with E-state index >= 15 is 0 Å². The number of ether oxygens (including phenoxy) is 1. The van der Waals surface area contributed by atoms with Crippen molar-refractivity contribution in [1.29, 1.82) is 0 Å². The molecule has 1 fully saturated rings. The van der Waals surface area contributed by atoms with E-state index in [1.807, 2.05) is 0 Å². The number of methoxy groups -OCH3 is 1. The molecular formula is C15H32N2O. The summed E-state index contributed by atoms with van der Waals surface area (Å²) >= 11 is 0. The Bertz CT molecular complexity index is 233. The number of hydrogen-bond donors (Lipinski definition) is 1. The van der Waals surface area contributed by atoms with E-state index in [2.05, 4.69) is 25.7 Å². The van der Waals surface area contributed by atoms with Crippen molar-refractivity contribution >= 4 is 0 Å². The molecule has 3 heteroatoms. The topological polar surface area (TPSA) is 38.5 Å². The third kappa shape index (κ3) is 4.22. The Hall–Kier alpha value is -0.120. The van der Waals surface area contributed by atoms with Crippen LogP contribution in [0.5, 0.6) is 0 Å². The zero-order chi connectivity index (χ0) is 13.6. The van der Waals surface area contributed by atoms with E-state index in [4.69, 9.17) is 10.5 Å². The van der Waals surface area contributed by atoms with Crippen LogP contribution >= 0.6 is 0 Å². The summed E-state index contributed by atoms with van der Waals surface area (Å²) < 4.78 is 5.24. The molecule has 0 aliphatic carbocycles. The number of nitrogens with zero attached hydrogens (tertiary/aromatic N) is 1. The van der Waals surface area contributed by atoms with Crippen LogP contribution in [0.25, 0.3) is 0 Å². The summed E-state index contributed by atoms with van der Waals surface area (Å²) in [5.74, 6) is 1.70. The molecule has 0 aromatic carbocycles. The molecule has 0 amide bonds. The van der Waals surface area contributed by atoms with Crippen molar-refractivity contribution in [2.24, 2.45) is 17.6 Å². The first-order valence-electron chi connectivity index (χ1n) is 7.47. The van der Waals surface area contributed by atoms with Gasteiger partial charge in [0.15, 0.2) is 0 Å². The van der Waals surface area contributed by atoms with Gasteiger partial charge in [-0.3, -0.25) is 4.90 Å². The second-order valence-corrected chi connectivity index (χ2v) is 6.37. The third-order valence-corrected chi connectivity index (χ3v) is 4.76. The number of likely N-dealkylation sites (tertiary alicyclic amines) is 1. The van der Waals surface area contributed by atoms with Crippen LogP contribution in [-0.2, 0) is 4.74 Å². The van der Waals surface area contributed by atoms with Gasteiger partial charge in [0.05, 0.1) is 0 Å². The molecule has 1 rings (SSSR count). The molecule has 1 heterocycles. The summed E-state index contributed by atoms with van der Waals surface area (Å²) in [5, 5.41) is 0. The molecule has 1 aliphatic heterocycles. The van der Waals surface area contributed by atoms with Gasteiger partial charge in [-0.05, 0) is 57.5 Å². The van der Waals surface area contributed by atoms with E-state index in [9.17, 15) is 0 Å². The molecule has 108 valence electrons. The minimum Gasteiger partial charge on any atom is -0.385 e. The molecule has 2 unspecified atom stereocenters. The highest BCUT2D eigenvalue weighted by Gasteiger charge is 2.32. The fraction of sp³-hybridized carbons (Fsp3) is 1.00. The molecule has 0 spiro atoms. The lowest BCUT2D eigenvalue weighted by atomic mass is 9.89. The number of hydrogen-bond acceptors (Lipinski definition) is 3. The van der Waals surface area contributed by atoms with Crippen molar-refractivity contribution in [1.82, 2.24) is 4.90 Å². The molecule has 1 aliphatic rings. The summed E-state index contributed by atoms with van der Waals surface area (Å²) in [6.45, 7) is 10.9. The standard InChI is InChI=1S/C15H32N2O/c1-13(2)14-6-5-9-17(10-7-14)15(3,12-16)8-11-18-4/h13-14H,5-12,16H2,1-4H3. The monoisotopic (exact) mass is 256 g/mol. The summed E-state index contributed by atoms with van der Waals surface area (Å²) in [6.07, 6.45) is 5.04. The average molecular weight is 256 g/mol. The second-order valence-electron chi connectivity index (χ2n) is 6.37. The van der Waals surface area contributed by atoms with E-state index in [1.165, 1.54) is 32.4 Å². The van der Waals surface area contributed by atoms with Gasteiger partial charge < -0.3 is 10.5 Å². The van der Waals surface area contributed by atoms with Crippen LogP contribution in [-0.4, -0.2) is 43.8 Å². The molecule has 2 N–H and O–H groups in total. The molecule has 1 saturated heterocycles. The molecule has 0 aromatic rings. The van der Waals surface area contributed by atoms with Crippen molar-refractivity contribution in [3.8, 4) is 0 Å². The van der Waals surface area contributed by atoms with Crippen LogP contribution in [0.15, 0.2) is 0 Å². The van der Waals surface area contributed by atoms with Gasteiger partial charge in [0.1, 0.15) is 0 Å². The van der Waals surface area contributed by atoms with Gasteiger partial charge in [0.25, 0.3) is 0 Å². The van der Waals surface area contributed by atoms with Crippen molar-refractivity contribution < 1.29 is 4.74 Å². The number of nitrogens with two attached hydrogens (primary N) is 1. The van der Waals surface area contributed by atoms with Gasteiger partial charge in [-0.25, -0.2) is 0 Å². The first-order chi connectivity index (χ1) is 8.53. The van der Waals surface area contributed by atoms with Gasteiger partial charge in [-0.2, -0.15) is 0 Å². The van der Waals surface area contributed by atoms with E-state index in [0.717, 1.165) is 31.4 Å². The minimum absolute atomic E-state index is 0.113. The lowest BCUT2D eigenvalue weighted by Gasteiger charge is -2.40. The Kier molecular flexibility index (Phi) is 6.61. The fourth-order valence-corrected chi connectivity index (χ4v) is 3.04. The molecule has 0 aromatic heterocycles. The predicted molar refractivity (Wildman–Crippen MR) is 77.7 cm³/mol. The van der Waals surface area contributed by atoms with Crippen LogP contribution in [0.3, 0.4) is 0 Å². The highest BCUT2D eigenvalue weighted by molar-refractivity contribution is 4.89. The Labute approximate surface area is 113 Å². The maximum atomic E-state index is 6.03. The third-order valence-electron chi connectivity index (χ3n) is 4.76. The van der Waals surface area contributed by atoms with Crippen LogP contribution in [0.1, 0.15) is 46.5 Å². The molecule has 0 bridgehead atoms. The van der Waals surface area contributed by atoms with Crippen molar-refractivity contribution in [2.45, 2.75) is 52.0 Å². The summed E-state index contributed by atoms with van der Waals surface area (Å²) in [4.78, 5) is 2.61. The smallest absolute Gasteiger partial charge is 0.0480 e. The van der Waals surface area contributed by atoms with Crippen LogP contribution in [0.4, 0.5) is 0 Å². The maximum absolute atomic E-state index is 6.03.